The number of ether oxygens (including phenoxy) is 1. The van der Waals surface area contributed by atoms with Gasteiger partial charge < -0.3 is 14.9 Å². The maximum Gasteiger partial charge on any atom is 0.309 e. The molecule has 1 radical (unpaired) electrons. The van der Waals surface area contributed by atoms with Crippen molar-refractivity contribution in [1.82, 2.24) is 0 Å². The van der Waals surface area contributed by atoms with Crippen molar-refractivity contribution in [3.8, 4) is 0 Å². The number of ketones is 1. The first-order valence-corrected chi connectivity index (χ1v) is 17.8. The fourth-order valence-electron chi connectivity index (χ4n) is 12.4. The molecule has 0 saturated heterocycles. The van der Waals surface area contributed by atoms with Crippen LogP contribution in [-0.2, 0) is 23.9 Å². The van der Waals surface area contributed by atoms with Crippen molar-refractivity contribution in [2.45, 2.75) is 133 Å². The Morgan fingerprint density at radius 1 is 0.913 bits per heavy atom. The van der Waals surface area contributed by atoms with Gasteiger partial charge in [0.05, 0.1) is 17.8 Å². The van der Waals surface area contributed by atoms with E-state index in [1.54, 1.807) is 20.8 Å². The van der Waals surface area contributed by atoms with Crippen LogP contribution in [0, 0.1) is 74.4 Å². The SMILES string of the molecule is C=C(C)[C@@H]1CC[C@]2(C(=O)CC(C)C(=O)O)CC[C@]3(C)C(CC[C@@H]4[C@@]5(C)[CH][C@H](OC(=O)CC(C)(C)C(=O)O)C(C)(C)[C@@H]5CC[C@]43C)C12. The van der Waals surface area contributed by atoms with Crippen molar-refractivity contribution in [1.29, 1.82) is 0 Å². The summed E-state index contributed by atoms with van der Waals surface area (Å²) >= 11 is 0. The van der Waals surface area contributed by atoms with Gasteiger partial charge in [0.15, 0.2) is 0 Å². The normalized spacial score (nSPS) is 43.3. The molecule has 46 heavy (non-hydrogen) atoms. The first kappa shape index (κ1) is 35.1. The maximum absolute atomic E-state index is 14.2. The molecule has 5 fully saturated rings. The lowest BCUT2D eigenvalue weighted by atomic mass is 9.34. The highest BCUT2D eigenvalue weighted by molar-refractivity contribution is 5.89. The van der Waals surface area contributed by atoms with Gasteiger partial charge in [-0.1, -0.05) is 53.7 Å². The molecule has 5 rings (SSSR count). The second kappa shape index (κ2) is 11.2. The van der Waals surface area contributed by atoms with Crippen LogP contribution in [-0.4, -0.2) is 40.0 Å². The monoisotopic (exact) mass is 639 g/mol. The molecule has 11 atom stereocenters. The average Bonchev–Trinajstić information content (AvgIpc) is 3.42. The van der Waals surface area contributed by atoms with E-state index in [4.69, 9.17) is 4.74 Å². The van der Waals surface area contributed by atoms with E-state index < -0.39 is 34.7 Å². The predicted octanol–water partition coefficient (Wildman–Crippen LogP) is 8.16. The highest BCUT2D eigenvalue weighted by atomic mass is 16.5. The topological polar surface area (TPSA) is 118 Å². The van der Waals surface area contributed by atoms with Gasteiger partial charge in [-0.05, 0) is 118 Å². The lowest BCUT2D eigenvalue weighted by Crippen LogP contribution is -2.64. The number of carbonyl (C=O) groups excluding carboxylic acids is 2. The first-order valence-electron chi connectivity index (χ1n) is 17.8. The van der Waals surface area contributed by atoms with Gasteiger partial charge in [-0.15, -0.1) is 0 Å². The van der Waals surface area contributed by atoms with Crippen LogP contribution in [0.4, 0.5) is 0 Å². The second-order valence-corrected chi connectivity index (χ2v) is 18.3. The summed E-state index contributed by atoms with van der Waals surface area (Å²) in [5.41, 5.74) is -0.902. The minimum atomic E-state index is -1.19. The number of Topliss-reactive ketones (excluding diaryl/α,β-unsaturated/α-hetero) is 1. The van der Waals surface area contributed by atoms with Crippen LogP contribution in [0.15, 0.2) is 12.2 Å². The van der Waals surface area contributed by atoms with Crippen LogP contribution < -0.4 is 0 Å². The van der Waals surface area contributed by atoms with Crippen LogP contribution in [0.1, 0.15) is 127 Å². The van der Waals surface area contributed by atoms with E-state index in [-0.39, 0.29) is 58.2 Å². The summed E-state index contributed by atoms with van der Waals surface area (Å²) in [4.78, 5) is 50.8. The van der Waals surface area contributed by atoms with E-state index in [1.165, 1.54) is 0 Å². The van der Waals surface area contributed by atoms with Gasteiger partial charge in [0.2, 0.25) is 0 Å². The van der Waals surface area contributed by atoms with Gasteiger partial charge >= 0.3 is 17.9 Å². The molecule has 7 nitrogen and oxygen atoms in total. The Morgan fingerprint density at radius 2 is 1.57 bits per heavy atom. The van der Waals surface area contributed by atoms with Gasteiger partial charge in [0.25, 0.3) is 0 Å². The summed E-state index contributed by atoms with van der Waals surface area (Å²) in [6.07, 6.45) is 9.62. The standard InChI is InChI=1S/C39H59O7/c1-22(2)24-13-16-39(28(40)19-23(3)32(42)43)18-17-37(9)25(31(24)39)11-12-27-36(8)20-29(46-30(41)21-34(4,5)33(44)45)35(6,7)26(36)14-15-38(27,37)10/h20,23-27,29,31H,1,11-19,21H2,2-10H3,(H,42,43)(H,44,45)/t23?,24-,25?,26-,27+,29-,31?,36-,37+,38+,39+/m0/s1. The molecule has 7 heteroatoms. The van der Waals surface area contributed by atoms with Crippen molar-refractivity contribution in [2.24, 2.45) is 68.0 Å². The number of hydrogen-bond donors (Lipinski definition) is 2. The Labute approximate surface area is 276 Å². The highest BCUT2D eigenvalue weighted by Crippen LogP contribution is 2.78. The Balaban J connectivity index is 1.46. The number of carboxylic acids is 2. The molecule has 0 aliphatic heterocycles. The minimum Gasteiger partial charge on any atom is -0.481 e. The van der Waals surface area contributed by atoms with Gasteiger partial charge in [-0.25, -0.2) is 0 Å². The lowest BCUT2D eigenvalue weighted by Gasteiger charge is -2.70. The van der Waals surface area contributed by atoms with Gasteiger partial charge in [0.1, 0.15) is 11.9 Å². The van der Waals surface area contributed by atoms with Crippen molar-refractivity contribution >= 4 is 23.7 Å². The molecule has 5 aliphatic carbocycles. The molecular weight excluding hydrogens is 580 g/mol. The second-order valence-electron chi connectivity index (χ2n) is 18.3. The molecule has 0 amide bonds. The number of carbonyl (C=O) groups is 4. The Kier molecular flexibility index (Phi) is 8.54. The zero-order chi connectivity index (χ0) is 34.4. The van der Waals surface area contributed by atoms with Crippen molar-refractivity contribution in [3.05, 3.63) is 18.6 Å². The maximum atomic E-state index is 14.2. The predicted molar refractivity (Wildman–Crippen MR) is 176 cm³/mol. The molecule has 2 N–H and O–H groups in total. The summed E-state index contributed by atoms with van der Waals surface area (Å²) < 4.78 is 6.15. The zero-order valence-corrected chi connectivity index (χ0v) is 29.8. The molecule has 0 aromatic carbocycles. The Morgan fingerprint density at radius 3 is 2.15 bits per heavy atom. The zero-order valence-electron chi connectivity index (χ0n) is 29.8. The number of aliphatic carboxylic acids is 2. The third-order valence-corrected chi connectivity index (χ3v) is 15.3. The molecule has 5 aliphatic rings. The smallest absolute Gasteiger partial charge is 0.309 e. The summed E-state index contributed by atoms with van der Waals surface area (Å²) in [7, 11) is 0. The van der Waals surface area contributed by atoms with Gasteiger partial charge in [0, 0.05) is 23.7 Å². The van der Waals surface area contributed by atoms with Crippen molar-refractivity contribution in [3.63, 3.8) is 0 Å². The molecule has 257 valence electrons. The van der Waals surface area contributed by atoms with E-state index in [9.17, 15) is 29.4 Å². The molecule has 0 aromatic heterocycles. The molecule has 0 spiro atoms. The van der Waals surface area contributed by atoms with Crippen molar-refractivity contribution < 1.29 is 34.1 Å². The molecular formula is C39H59O7. The Hall–Kier alpha value is -2.18. The summed E-state index contributed by atoms with van der Waals surface area (Å²) in [5.74, 6) is -1.35. The highest BCUT2D eigenvalue weighted by Gasteiger charge is 2.73. The average molecular weight is 640 g/mol. The van der Waals surface area contributed by atoms with Crippen molar-refractivity contribution in [2.75, 3.05) is 0 Å². The summed E-state index contributed by atoms with van der Waals surface area (Å²) in [5, 5.41) is 19.2. The minimum absolute atomic E-state index is 0.00700. The quantitative estimate of drug-likeness (QED) is 0.193. The van der Waals surface area contributed by atoms with E-state index in [0.29, 0.717) is 17.8 Å². The lowest BCUT2D eigenvalue weighted by molar-refractivity contribution is -0.213. The van der Waals surface area contributed by atoms with Crippen LogP contribution in [0.2, 0.25) is 0 Å². The molecule has 3 unspecified atom stereocenters. The van der Waals surface area contributed by atoms with Crippen LogP contribution >= 0.6 is 0 Å². The van der Waals surface area contributed by atoms with E-state index >= 15 is 0 Å². The molecule has 0 aromatic rings. The number of hydrogen-bond acceptors (Lipinski definition) is 5. The molecule has 0 bridgehead atoms. The molecule has 5 saturated carbocycles. The summed E-state index contributed by atoms with van der Waals surface area (Å²) in [6.45, 7) is 23.1. The largest absolute Gasteiger partial charge is 0.481 e. The van der Waals surface area contributed by atoms with E-state index in [1.807, 2.05) is 0 Å². The van der Waals surface area contributed by atoms with Crippen LogP contribution in [0.25, 0.3) is 0 Å². The number of esters is 1. The van der Waals surface area contributed by atoms with Crippen LogP contribution in [0.5, 0.6) is 0 Å². The third kappa shape index (κ3) is 4.94. The molecule has 0 heterocycles. The summed E-state index contributed by atoms with van der Waals surface area (Å²) in [6, 6.07) is 0. The fourth-order valence-corrected chi connectivity index (χ4v) is 12.4. The number of carboxylic acid groups (broad SMARTS) is 2. The number of fused-ring (bicyclic) bond motifs is 7. The number of allylic oxidation sites excluding steroid dienone is 1. The van der Waals surface area contributed by atoms with E-state index in [2.05, 4.69) is 54.5 Å². The third-order valence-electron chi connectivity index (χ3n) is 15.3. The van der Waals surface area contributed by atoms with Crippen LogP contribution in [0.3, 0.4) is 0 Å². The van der Waals surface area contributed by atoms with E-state index in [0.717, 1.165) is 56.9 Å². The fraction of sp³-hybridized carbons (Fsp3) is 0.821. The Bertz CT molecular complexity index is 1310. The van der Waals surface area contributed by atoms with Gasteiger partial charge in [-0.3, -0.25) is 19.2 Å². The van der Waals surface area contributed by atoms with Gasteiger partial charge in [-0.2, -0.15) is 0 Å². The first-order chi connectivity index (χ1) is 21.1. The number of rotatable bonds is 9.